The highest BCUT2D eigenvalue weighted by molar-refractivity contribution is 5.24. The van der Waals surface area contributed by atoms with Crippen LogP contribution in [0.25, 0.3) is 0 Å². The molecule has 26 valence electrons. The molecule has 0 fully saturated rings. The molecule has 0 saturated carbocycles. The summed E-state index contributed by atoms with van der Waals surface area (Å²) >= 11 is 0. The van der Waals surface area contributed by atoms with Gasteiger partial charge in [-0.05, 0) is 0 Å². The molecular weight excluding hydrogens is 72.1 g/mol. The van der Waals surface area contributed by atoms with Crippen molar-refractivity contribution in [2.75, 3.05) is 0 Å². The van der Waals surface area contributed by atoms with Gasteiger partial charge in [-0.15, -0.1) is 0 Å². The van der Waals surface area contributed by atoms with Gasteiger partial charge in [-0.1, -0.05) is 6.42 Å². The number of allylic oxidation sites excluding steroid dienone is 1. The van der Waals surface area contributed by atoms with E-state index in [1.54, 1.807) is 0 Å². The molecule has 0 bridgehead atoms. The van der Waals surface area contributed by atoms with Gasteiger partial charge in [0.05, 0.1) is 6.58 Å². The smallest absolute Gasteiger partial charge is 0.0817 e. The Balaban J connectivity index is 3.50. The van der Waals surface area contributed by atoms with Gasteiger partial charge in [-0.25, -0.2) is 0 Å². The summed E-state index contributed by atoms with van der Waals surface area (Å²) in [6, 6.07) is 0. The predicted octanol–water partition coefficient (Wildman–Crippen LogP) is 0.612. The van der Waals surface area contributed by atoms with Crippen molar-refractivity contribution in [3.05, 3.63) is 12.7 Å². The van der Waals surface area contributed by atoms with Crippen molar-refractivity contribution in [1.29, 1.82) is 0 Å². The van der Waals surface area contributed by atoms with Crippen molar-refractivity contribution in [2.45, 2.75) is 0 Å². The Morgan fingerprint density at radius 2 is 2.33 bits per heavy atom. The first-order valence-corrected chi connectivity index (χ1v) is 1.39. The van der Waals surface area contributed by atoms with Crippen LogP contribution in [0.4, 0.5) is 0 Å². The molecule has 0 aromatic carbocycles. The first-order chi connectivity index (χ1) is 2.91. The topological polar surface area (TPSA) is 0 Å². The highest BCUT2D eigenvalue weighted by Gasteiger charge is 1.63. The van der Waals surface area contributed by atoms with Crippen LogP contribution in [0.3, 0.4) is 0 Å². The Bertz CT molecular complexity index is 124. The molecular formula is C6H3+. The Morgan fingerprint density at radius 3 is 2.50 bits per heavy atom. The fourth-order valence-corrected chi connectivity index (χ4v) is 0.0803. The molecule has 0 aliphatic carbocycles. The molecule has 0 amide bonds. The first kappa shape index (κ1) is 4.77. The van der Waals surface area contributed by atoms with Crippen molar-refractivity contribution >= 4 is 0 Å². The molecule has 0 spiro atoms. The number of rotatable bonds is 0. The monoisotopic (exact) mass is 75.0 g/mol. The van der Waals surface area contributed by atoms with Gasteiger partial charge in [-0.2, -0.15) is 0 Å². The van der Waals surface area contributed by atoms with Crippen LogP contribution in [0, 0.1) is 30.3 Å². The molecule has 0 nitrogen and oxygen atoms in total. The number of hydrogen-bond acceptors (Lipinski definition) is 0. The molecule has 0 saturated heterocycles. The molecule has 0 unspecified atom stereocenters. The fraction of sp³-hybridized carbons (Fsp3) is 0. The fourth-order valence-electron chi connectivity index (χ4n) is 0.0803. The summed E-state index contributed by atoms with van der Waals surface area (Å²) < 4.78 is 0. The van der Waals surface area contributed by atoms with Crippen LogP contribution in [-0.2, 0) is 0 Å². The average Bonchev–Trinajstić information content (AvgIpc) is 1.61. The minimum absolute atomic E-state index is 2.10. The quantitative estimate of drug-likeness (QED) is 0.292. The van der Waals surface area contributed by atoms with Gasteiger partial charge in [0.1, 0.15) is 5.92 Å². The van der Waals surface area contributed by atoms with Crippen molar-refractivity contribution in [3.63, 3.8) is 0 Å². The van der Waals surface area contributed by atoms with Crippen LogP contribution in [0.2, 0.25) is 0 Å². The van der Waals surface area contributed by atoms with Crippen LogP contribution >= 0.6 is 0 Å². The van der Waals surface area contributed by atoms with Gasteiger partial charge in [0.15, 0.2) is 6.08 Å². The van der Waals surface area contributed by atoms with E-state index in [2.05, 4.69) is 30.4 Å². The molecule has 0 aromatic rings. The SMILES string of the molecule is C#CC#C[C+]=C. The third-order valence-corrected chi connectivity index (χ3v) is 0.223. The Hall–Kier alpha value is -1.23. The largest absolute Gasteiger partial charge is 0.231 e. The van der Waals surface area contributed by atoms with E-state index < -0.39 is 0 Å². The second-order valence-corrected chi connectivity index (χ2v) is 0.571. The summed E-state index contributed by atoms with van der Waals surface area (Å²) in [4.78, 5) is 0. The Kier molecular flexibility index (Phi) is 3.00. The average molecular weight is 75.1 g/mol. The van der Waals surface area contributed by atoms with Crippen molar-refractivity contribution < 1.29 is 0 Å². The number of terminal acetylenes is 1. The lowest BCUT2D eigenvalue weighted by Crippen LogP contribution is -1.42. The zero-order valence-corrected chi connectivity index (χ0v) is 3.28. The molecule has 0 aliphatic heterocycles. The van der Waals surface area contributed by atoms with E-state index >= 15 is 0 Å². The summed E-state index contributed by atoms with van der Waals surface area (Å²) in [5.41, 5.74) is 0. The normalized spacial score (nSPS) is 3.17. The zero-order valence-electron chi connectivity index (χ0n) is 3.28. The molecule has 0 aromatic heterocycles. The van der Waals surface area contributed by atoms with E-state index in [4.69, 9.17) is 6.42 Å². The minimum Gasteiger partial charge on any atom is -0.0817 e. The van der Waals surface area contributed by atoms with E-state index in [0.717, 1.165) is 0 Å². The summed E-state index contributed by atoms with van der Waals surface area (Å²) in [7, 11) is 0. The van der Waals surface area contributed by atoms with E-state index in [0.29, 0.717) is 0 Å². The standard InChI is InChI=1S/C6H3/c1-3-5-6-4-2/h1H,2H2/q+1. The second kappa shape index (κ2) is 3.77. The van der Waals surface area contributed by atoms with Gasteiger partial charge in [0.2, 0.25) is 11.8 Å². The maximum absolute atomic E-state index is 4.72. The molecule has 0 rings (SSSR count). The molecule has 0 radical (unpaired) electrons. The van der Waals surface area contributed by atoms with Crippen LogP contribution in [0.1, 0.15) is 0 Å². The predicted molar refractivity (Wildman–Crippen MR) is 25.5 cm³/mol. The molecule has 0 N–H and O–H groups in total. The van der Waals surface area contributed by atoms with Gasteiger partial charge in [-0.3, -0.25) is 0 Å². The second-order valence-electron chi connectivity index (χ2n) is 0.571. The van der Waals surface area contributed by atoms with Crippen LogP contribution < -0.4 is 0 Å². The summed E-state index contributed by atoms with van der Waals surface area (Å²) in [5, 5.41) is 0. The van der Waals surface area contributed by atoms with E-state index in [1.807, 2.05) is 0 Å². The maximum Gasteiger partial charge on any atom is 0.231 e. The summed E-state index contributed by atoms with van der Waals surface area (Å²) in [6.07, 6.45) is 7.04. The minimum atomic E-state index is 2.10. The van der Waals surface area contributed by atoms with Crippen molar-refractivity contribution in [3.8, 4) is 24.2 Å². The molecule has 0 atom stereocenters. The molecule has 0 aliphatic rings. The van der Waals surface area contributed by atoms with Gasteiger partial charge in [0, 0.05) is 0 Å². The van der Waals surface area contributed by atoms with Crippen molar-refractivity contribution in [1.82, 2.24) is 0 Å². The van der Waals surface area contributed by atoms with E-state index in [-0.39, 0.29) is 0 Å². The zero-order chi connectivity index (χ0) is 4.83. The third-order valence-electron chi connectivity index (χ3n) is 0.223. The number of hydrogen-bond donors (Lipinski definition) is 0. The lowest BCUT2D eigenvalue weighted by Gasteiger charge is -1.28. The molecule has 6 heavy (non-hydrogen) atoms. The van der Waals surface area contributed by atoms with E-state index in [9.17, 15) is 0 Å². The van der Waals surface area contributed by atoms with Crippen LogP contribution in [0.5, 0.6) is 0 Å². The van der Waals surface area contributed by atoms with Gasteiger partial charge >= 0.3 is 0 Å². The van der Waals surface area contributed by atoms with Gasteiger partial charge in [0.25, 0.3) is 0 Å². The maximum atomic E-state index is 4.72. The molecule has 0 heteroatoms. The van der Waals surface area contributed by atoms with Gasteiger partial charge < -0.3 is 0 Å². The molecule has 0 heterocycles. The summed E-state index contributed by atoms with van der Waals surface area (Å²) in [5.74, 6) is 6.76. The van der Waals surface area contributed by atoms with E-state index in [1.165, 1.54) is 0 Å². The highest BCUT2D eigenvalue weighted by Crippen LogP contribution is 1.48. The summed E-state index contributed by atoms with van der Waals surface area (Å²) in [6.45, 7) is 3.20. The third kappa shape index (κ3) is 2.77. The Morgan fingerprint density at radius 1 is 1.67 bits per heavy atom. The van der Waals surface area contributed by atoms with Crippen molar-refractivity contribution in [2.24, 2.45) is 0 Å². The highest BCUT2D eigenvalue weighted by atomic mass is 13.5. The van der Waals surface area contributed by atoms with Crippen LogP contribution in [0.15, 0.2) is 6.58 Å². The Labute approximate surface area is 37.9 Å². The lowest BCUT2D eigenvalue weighted by atomic mass is 10.6. The lowest BCUT2D eigenvalue weighted by molar-refractivity contribution is 2.16. The first-order valence-electron chi connectivity index (χ1n) is 1.39. The van der Waals surface area contributed by atoms with Crippen LogP contribution in [-0.4, -0.2) is 0 Å².